The summed E-state index contributed by atoms with van der Waals surface area (Å²) in [6.45, 7) is 2.13. The number of carbonyl (C=O) groups excluding carboxylic acids is 1. The van der Waals surface area contributed by atoms with Crippen LogP contribution in [0.4, 0.5) is 0 Å². The van der Waals surface area contributed by atoms with E-state index >= 15 is 0 Å². The van der Waals surface area contributed by atoms with E-state index in [1.54, 1.807) is 25.1 Å². The number of benzene rings is 1. The zero-order valence-electron chi connectivity index (χ0n) is 8.29. The molecule has 0 saturated heterocycles. The molecule has 0 fully saturated rings. The molecular formula is C11H10BrNO2. The standard InChI is InChI=1S/C11H10BrNO2/c1-2-15-11(14)6-9-5-8(7-13)3-4-10(9)12/h3-5H,2,6H2,1H3. The number of rotatable bonds is 3. The largest absolute Gasteiger partial charge is 0.466 e. The van der Waals surface area contributed by atoms with E-state index in [9.17, 15) is 4.79 Å². The Morgan fingerprint density at radius 1 is 1.60 bits per heavy atom. The molecule has 0 saturated carbocycles. The van der Waals surface area contributed by atoms with Gasteiger partial charge in [-0.2, -0.15) is 5.26 Å². The second-order valence-electron chi connectivity index (χ2n) is 2.90. The van der Waals surface area contributed by atoms with Crippen molar-refractivity contribution in [2.24, 2.45) is 0 Å². The molecule has 0 heterocycles. The van der Waals surface area contributed by atoms with Gasteiger partial charge in [-0.3, -0.25) is 4.79 Å². The second-order valence-corrected chi connectivity index (χ2v) is 3.75. The SMILES string of the molecule is CCOC(=O)Cc1cc(C#N)ccc1Br. The molecule has 0 aliphatic heterocycles. The Kier molecular flexibility index (Phi) is 4.32. The van der Waals surface area contributed by atoms with Crippen LogP contribution in [0.15, 0.2) is 22.7 Å². The van der Waals surface area contributed by atoms with E-state index in [1.165, 1.54) is 0 Å². The monoisotopic (exact) mass is 267 g/mol. The molecule has 15 heavy (non-hydrogen) atoms. The van der Waals surface area contributed by atoms with Crippen LogP contribution in [0, 0.1) is 11.3 Å². The molecule has 0 atom stereocenters. The Balaban J connectivity index is 2.85. The van der Waals surface area contributed by atoms with Crippen LogP contribution in [0.5, 0.6) is 0 Å². The summed E-state index contributed by atoms with van der Waals surface area (Å²) in [6.07, 6.45) is 0.184. The molecule has 0 radical (unpaired) electrons. The molecule has 0 N–H and O–H groups in total. The van der Waals surface area contributed by atoms with E-state index in [1.807, 2.05) is 6.07 Å². The van der Waals surface area contributed by atoms with Crippen LogP contribution in [0.3, 0.4) is 0 Å². The Labute approximate surface area is 96.8 Å². The zero-order valence-corrected chi connectivity index (χ0v) is 9.87. The molecule has 4 heteroatoms. The average Bonchev–Trinajstić information content (AvgIpc) is 2.21. The molecule has 0 unspecified atom stereocenters. The van der Waals surface area contributed by atoms with Crippen LogP contribution in [-0.2, 0) is 16.0 Å². The molecule has 0 aliphatic rings. The van der Waals surface area contributed by atoms with Gasteiger partial charge in [-0.25, -0.2) is 0 Å². The lowest BCUT2D eigenvalue weighted by molar-refractivity contribution is -0.142. The summed E-state index contributed by atoms with van der Waals surface area (Å²) in [7, 11) is 0. The summed E-state index contributed by atoms with van der Waals surface area (Å²) in [5.41, 5.74) is 1.31. The molecule has 1 aromatic rings. The number of hydrogen-bond donors (Lipinski definition) is 0. The van der Waals surface area contributed by atoms with E-state index in [0.29, 0.717) is 12.2 Å². The van der Waals surface area contributed by atoms with Gasteiger partial charge < -0.3 is 4.74 Å². The van der Waals surface area contributed by atoms with Gasteiger partial charge in [0.25, 0.3) is 0 Å². The summed E-state index contributed by atoms with van der Waals surface area (Å²) in [5, 5.41) is 8.71. The molecule has 3 nitrogen and oxygen atoms in total. The molecule has 0 spiro atoms. The number of nitriles is 1. The Hall–Kier alpha value is -1.34. The second kappa shape index (κ2) is 5.52. The number of esters is 1. The minimum absolute atomic E-state index is 0.184. The lowest BCUT2D eigenvalue weighted by Gasteiger charge is -2.04. The third-order valence-electron chi connectivity index (χ3n) is 1.81. The lowest BCUT2D eigenvalue weighted by atomic mass is 10.1. The first-order chi connectivity index (χ1) is 7.17. The maximum atomic E-state index is 11.2. The number of carbonyl (C=O) groups is 1. The fourth-order valence-electron chi connectivity index (χ4n) is 1.15. The van der Waals surface area contributed by atoms with Crippen molar-refractivity contribution in [3.8, 4) is 6.07 Å². The molecule has 0 aromatic heterocycles. The summed E-state index contributed by atoms with van der Waals surface area (Å²) in [6, 6.07) is 7.16. The van der Waals surface area contributed by atoms with Crippen molar-refractivity contribution in [3.63, 3.8) is 0 Å². The van der Waals surface area contributed by atoms with Gasteiger partial charge >= 0.3 is 5.97 Å². The van der Waals surface area contributed by atoms with Crippen LogP contribution in [0.25, 0.3) is 0 Å². The van der Waals surface area contributed by atoms with Crippen molar-refractivity contribution >= 4 is 21.9 Å². The fourth-order valence-corrected chi connectivity index (χ4v) is 1.53. The Morgan fingerprint density at radius 3 is 2.93 bits per heavy atom. The van der Waals surface area contributed by atoms with Gasteiger partial charge in [0.2, 0.25) is 0 Å². The summed E-state index contributed by atoms with van der Waals surface area (Å²) >= 11 is 3.32. The Bertz CT molecular complexity index is 410. The van der Waals surface area contributed by atoms with Crippen molar-refractivity contribution in [1.82, 2.24) is 0 Å². The van der Waals surface area contributed by atoms with E-state index in [4.69, 9.17) is 10.00 Å². The first-order valence-electron chi connectivity index (χ1n) is 4.51. The molecular weight excluding hydrogens is 258 g/mol. The number of hydrogen-bond acceptors (Lipinski definition) is 3. The highest BCUT2D eigenvalue weighted by Crippen LogP contribution is 2.18. The predicted molar refractivity (Wildman–Crippen MR) is 59.2 cm³/mol. The molecule has 0 bridgehead atoms. The minimum atomic E-state index is -0.284. The normalized spacial score (nSPS) is 9.40. The molecule has 1 aromatic carbocycles. The zero-order chi connectivity index (χ0) is 11.3. The molecule has 0 amide bonds. The summed E-state index contributed by atoms with van der Waals surface area (Å²) in [5.74, 6) is -0.284. The topological polar surface area (TPSA) is 50.1 Å². The first kappa shape index (κ1) is 11.7. The van der Waals surface area contributed by atoms with Crippen molar-refractivity contribution in [1.29, 1.82) is 5.26 Å². The highest BCUT2D eigenvalue weighted by Gasteiger charge is 2.08. The summed E-state index contributed by atoms with van der Waals surface area (Å²) < 4.78 is 5.65. The Morgan fingerprint density at radius 2 is 2.33 bits per heavy atom. The van der Waals surface area contributed by atoms with Crippen molar-refractivity contribution in [2.75, 3.05) is 6.61 Å². The molecule has 1 rings (SSSR count). The lowest BCUT2D eigenvalue weighted by Crippen LogP contribution is -2.08. The van der Waals surface area contributed by atoms with E-state index in [0.717, 1.165) is 10.0 Å². The third kappa shape index (κ3) is 3.37. The fraction of sp³-hybridized carbons (Fsp3) is 0.273. The van der Waals surface area contributed by atoms with Gasteiger partial charge in [0.1, 0.15) is 0 Å². The highest BCUT2D eigenvalue weighted by atomic mass is 79.9. The van der Waals surface area contributed by atoms with Crippen LogP contribution in [0.2, 0.25) is 0 Å². The van der Waals surface area contributed by atoms with Crippen LogP contribution >= 0.6 is 15.9 Å². The maximum absolute atomic E-state index is 11.2. The van der Waals surface area contributed by atoms with E-state index in [-0.39, 0.29) is 12.4 Å². The van der Waals surface area contributed by atoms with Gasteiger partial charge in [0, 0.05) is 4.47 Å². The van der Waals surface area contributed by atoms with E-state index < -0.39 is 0 Å². The highest BCUT2D eigenvalue weighted by molar-refractivity contribution is 9.10. The van der Waals surface area contributed by atoms with Crippen LogP contribution in [0.1, 0.15) is 18.1 Å². The number of halogens is 1. The van der Waals surface area contributed by atoms with Crippen LogP contribution < -0.4 is 0 Å². The van der Waals surface area contributed by atoms with Crippen molar-refractivity contribution < 1.29 is 9.53 Å². The predicted octanol–water partition coefficient (Wildman–Crippen LogP) is 2.43. The quantitative estimate of drug-likeness (QED) is 0.791. The maximum Gasteiger partial charge on any atom is 0.310 e. The summed E-state index contributed by atoms with van der Waals surface area (Å²) in [4.78, 5) is 11.2. The first-order valence-corrected chi connectivity index (χ1v) is 5.30. The van der Waals surface area contributed by atoms with Gasteiger partial charge in [-0.05, 0) is 30.7 Å². The molecule has 0 aliphatic carbocycles. The van der Waals surface area contributed by atoms with Crippen molar-refractivity contribution in [2.45, 2.75) is 13.3 Å². The van der Waals surface area contributed by atoms with Crippen molar-refractivity contribution in [3.05, 3.63) is 33.8 Å². The minimum Gasteiger partial charge on any atom is -0.466 e. The molecule has 78 valence electrons. The van der Waals surface area contributed by atoms with Gasteiger partial charge in [-0.15, -0.1) is 0 Å². The van der Waals surface area contributed by atoms with Gasteiger partial charge in [-0.1, -0.05) is 15.9 Å². The van der Waals surface area contributed by atoms with Gasteiger partial charge in [0.15, 0.2) is 0 Å². The van der Waals surface area contributed by atoms with E-state index in [2.05, 4.69) is 15.9 Å². The van der Waals surface area contributed by atoms with Gasteiger partial charge in [0.05, 0.1) is 24.7 Å². The number of nitrogens with zero attached hydrogens (tertiary/aromatic N) is 1. The number of ether oxygens (including phenoxy) is 1. The van der Waals surface area contributed by atoms with Crippen LogP contribution in [-0.4, -0.2) is 12.6 Å². The average molecular weight is 268 g/mol. The smallest absolute Gasteiger partial charge is 0.310 e. The third-order valence-corrected chi connectivity index (χ3v) is 2.59.